The molecule has 0 bridgehead atoms. The molecule has 5 heteroatoms. The molecule has 25 heavy (non-hydrogen) atoms. The molecule has 130 valence electrons. The van der Waals surface area contributed by atoms with E-state index < -0.39 is 11.8 Å². The molecule has 1 atom stereocenters. The van der Waals surface area contributed by atoms with Crippen molar-refractivity contribution < 1.29 is 9.59 Å². The summed E-state index contributed by atoms with van der Waals surface area (Å²) in [6.07, 6.45) is 4.68. The number of carbonyl (C=O) groups is 2. The number of amides is 2. The highest BCUT2D eigenvalue weighted by atomic mass is 79.9. The van der Waals surface area contributed by atoms with Crippen LogP contribution < -0.4 is 10.6 Å². The molecule has 0 heterocycles. The summed E-state index contributed by atoms with van der Waals surface area (Å²) >= 11 is 3.33. The van der Waals surface area contributed by atoms with Gasteiger partial charge in [-0.25, -0.2) is 0 Å². The first-order chi connectivity index (χ1) is 12.0. The van der Waals surface area contributed by atoms with Crippen LogP contribution in [-0.4, -0.2) is 11.8 Å². The van der Waals surface area contributed by atoms with Crippen LogP contribution in [0.25, 0.3) is 0 Å². The molecule has 2 aromatic rings. The number of hydrogen-bond acceptors (Lipinski definition) is 2. The summed E-state index contributed by atoms with van der Waals surface area (Å²) in [6.45, 7) is 1.90. The van der Waals surface area contributed by atoms with E-state index in [4.69, 9.17) is 0 Å². The molecule has 0 saturated heterocycles. The lowest BCUT2D eigenvalue weighted by molar-refractivity contribution is -0.136. The predicted octanol–water partition coefficient (Wildman–Crippen LogP) is 4.14. The average molecular weight is 401 g/mol. The number of nitrogens with one attached hydrogen (secondary N) is 2. The Bertz CT molecular complexity index is 787. The third kappa shape index (κ3) is 4.48. The van der Waals surface area contributed by atoms with E-state index in [-0.39, 0.29) is 6.04 Å². The van der Waals surface area contributed by atoms with Crippen molar-refractivity contribution in [3.8, 4) is 0 Å². The fourth-order valence-corrected chi connectivity index (χ4v) is 3.35. The molecule has 0 fully saturated rings. The smallest absolute Gasteiger partial charge is 0.313 e. The van der Waals surface area contributed by atoms with E-state index in [9.17, 15) is 9.59 Å². The summed E-state index contributed by atoms with van der Waals surface area (Å²) in [6, 6.07) is 13.2. The van der Waals surface area contributed by atoms with Gasteiger partial charge in [-0.1, -0.05) is 34.1 Å². The summed E-state index contributed by atoms with van der Waals surface area (Å²) < 4.78 is 0.913. The van der Waals surface area contributed by atoms with Crippen LogP contribution in [0.15, 0.2) is 46.9 Å². The van der Waals surface area contributed by atoms with E-state index in [1.54, 1.807) is 12.1 Å². The molecule has 4 nitrogen and oxygen atoms in total. The lowest BCUT2D eigenvalue weighted by Crippen LogP contribution is -2.37. The standard InChI is InChI=1S/C20H21BrN2O2/c1-13(15-7-6-14-4-2-3-5-16(14)12-15)22-19(24)20(25)23-18-10-8-17(21)9-11-18/h6-13H,2-5H2,1H3,(H,22,24)(H,23,25). The zero-order chi connectivity index (χ0) is 17.8. The third-order valence-electron chi connectivity index (χ3n) is 4.53. The number of hydrogen-bond donors (Lipinski definition) is 2. The van der Waals surface area contributed by atoms with E-state index in [1.165, 1.54) is 24.0 Å². The van der Waals surface area contributed by atoms with Gasteiger partial charge in [0.1, 0.15) is 0 Å². The van der Waals surface area contributed by atoms with Crippen molar-refractivity contribution in [1.82, 2.24) is 5.32 Å². The highest BCUT2D eigenvalue weighted by molar-refractivity contribution is 9.10. The van der Waals surface area contributed by atoms with Gasteiger partial charge >= 0.3 is 11.8 Å². The van der Waals surface area contributed by atoms with Crippen LogP contribution in [0, 0.1) is 0 Å². The Morgan fingerprint density at radius 2 is 1.64 bits per heavy atom. The fraction of sp³-hybridized carbons (Fsp3) is 0.300. The van der Waals surface area contributed by atoms with Crippen molar-refractivity contribution in [3.63, 3.8) is 0 Å². The lowest BCUT2D eigenvalue weighted by Gasteiger charge is -2.20. The van der Waals surface area contributed by atoms with Crippen LogP contribution in [0.4, 0.5) is 5.69 Å². The average Bonchev–Trinajstić information content (AvgIpc) is 2.63. The Morgan fingerprint density at radius 1 is 0.960 bits per heavy atom. The summed E-state index contributed by atoms with van der Waals surface area (Å²) in [5, 5.41) is 5.38. The molecule has 0 aliphatic heterocycles. The van der Waals surface area contributed by atoms with E-state index in [0.29, 0.717) is 5.69 Å². The van der Waals surface area contributed by atoms with E-state index >= 15 is 0 Å². The van der Waals surface area contributed by atoms with Crippen LogP contribution >= 0.6 is 15.9 Å². The quantitative estimate of drug-likeness (QED) is 0.760. The minimum absolute atomic E-state index is 0.213. The number of aryl methyl sites for hydroxylation is 2. The number of benzene rings is 2. The zero-order valence-electron chi connectivity index (χ0n) is 14.1. The molecule has 2 aromatic carbocycles. The van der Waals surface area contributed by atoms with E-state index in [0.717, 1.165) is 22.9 Å². The first kappa shape index (κ1) is 17.7. The van der Waals surface area contributed by atoms with Gasteiger partial charge in [0.2, 0.25) is 0 Å². The van der Waals surface area contributed by atoms with E-state index in [2.05, 4.69) is 38.7 Å². The third-order valence-corrected chi connectivity index (χ3v) is 5.06. The number of halogens is 1. The molecule has 3 rings (SSSR count). The summed E-state index contributed by atoms with van der Waals surface area (Å²) in [5.41, 5.74) is 4.39. The number of anilines is 1. The first-order valence-electron chi connectivity index (χ1n) is 8.52. The van der Waals surface area contributed by atoms with Gasteiger partial charge in [-0.3, -0.25) is 9.59 Å². The molecule has 0 radical (unpaired) electrons. The number of fused-ring (bicyclic) bond motifs is 1. The molecular formula is C20H21BrN2O2. The first-order valence-corrected chi connectivity index (χ1v) is 9.31. The fourth-order valence-electron chi connectivity index (χ4n) is 3.09. The minimum atomic E-state index is -0.660. The zero-order valence-corrected chi connectivity index (χ0v) is 15.7. The van der Waals surface area contributed by atoms with E-state index in [1.807, 2.05) is 25.1 Å². The van der Waals surface area contributed by atoms with Gasteiger partial charge in [-0.05, 0) is 73.6 Å². The molecule has 0 spiro atoms. The number of rotatable bonds is 3. The molecule has 2 amide bonds. The van der Waals surface area contributed by atoms with Gasteiger partial charge < -0.3 is 10.6 Å². The van der Waals surface area contributed by atoms with Crippen LogP contribution in [0.3, 0.4) is 0 Å². The van der Waals surface area contributed by atoms with Crippen molar-refractivity contribution in [2.45, 2.75) is 38.6 Å². The molecule has 1 unspecified atom stereocenters. The maximum Gasteiger partial charge on any atom is 0.313 e. The lowest BCUT2D eigenvalue weighted by atomic mass is 9.89. The SMILES string of the molecule is CC(NC(=O)C(=O)Nc1ccc(Br)cc1)c1ccc2c(c1)CCCC2. The predicted molar refractivity (Wildman–Crippen MR) is 102 cm³/mol. The van der Waals surface area contributed by atoms with Gasteiger partial charge in [0.15, 0.2) is 0 Å². The highest BCUT2D eigenvalue weighted by Gasteiger charge is 2.18. The second-order valence-corrected chi connectivity index (χ2v) is 7.31. The minimum Gasteiger partial charge on any atom is -0.341 e. The highest BCUT2D eigenvalue weighted by Crippen LogP contribution is 2.24. The monoisotopic (exact) mass is 400 g/mol. The van der Waals surface area contributed by atoms with Crippen molar-refractivity contribution in [3.05, 3.63) is 63.6 Å². The van der Waals surface area contributed by atoms with Crippen molar-refractivity contribution in [2.24, 2.45) is 0 Å². The number of carbonyl (C=O) groups excluding carboxylic acids is 2. The van der Waals surface area contributed by atoms with Crippen LogP contribution in [0.2, 0.25) is 0 Å². The molecule has 0 saturated carbocycles. The summed E-state index contributed by atoms with van der Waals surface area (Å²) in [5.74, 6) is -1.29. The Hall–Kier alpha value is -2.14. The van der Waals surface area contributed by atoms with Gasteiger partial charge in [0.25, 0.3) is 0 Å². The second kappa shape index (κ2) is 7.83. The van der Waals surface area contributed by atoms with Crippen LogP contribution in [0.5, 0.6) is 0 Å². The molecule has 2 N–H and O–H groups in total. The summed E-state index contributed by atoms with van der Waals surface area (Å²) in [4.78, 5) is 24.2. The molecule has 0 aromatic heterocycles. The van der Waals surface area contributed by atoms with Crippen molar-refractivity contribution in [1.29, 1.82) is 0 Å². The Kier molecular flexibility index (Phi) is 5.53. The Morgan fingerprint density at radius 3 is 2.36 bits per heavy atom. The van der Waals surface area contributed by atoms with Gasteiger partial charge in [-0.15, -0.1) is 0 Å². The van der Waals surface area contributed by atoms with Gasteiger partial charge in [-0.2, -0.15) is 0 Å². The Labute approximate surface area is 156 Å². The molecule has 1 aliphatic carbocycles. The largest absolute Gasteiger partial charge is 0.341 e. The molecular weight excluding hydrogens is 380 g/mol. The van der Waals surface area contributed by atoms with Crippen molar-refractivity contribution >= 4 is 33.4 Å². The molecule has 1 aliphatic rings. The maximum absolute atomic E-state index is 12.2. The maximum atomic E-state index is 12.2. The normalized spacial score (nSPS) is 14.3. The summed E-state index contributed by atoms with van der Waals surface area (Å²) in [7, 11) is 0. The van der Waals surface area contributed by atoms with Crippen LogP contribution in [-0.2, 0) is 22.4 Å². The van der Waals surface area contributed by atoms with Gasteiger partial charge in [0.05, 0.1) is 6.04 Å². The second-order valence-electron chi connectivity index (χ2n) is 6.39. The Balaban J connectivity index is 1.61. The topological polar surface area (TPSA) is 58.2 Å². The van der Waals surface area contributed by atoms with Gasteiger partial charge in [0, 0.05) is 10.2 Å². The van der Waals surface area contributed by atoms with Crippen molar-refractivity contribution in [2.75, 3.05) is 5.32 Å². The van der Waals surface area contributed by atoms with Crippen LogP contribution in [0.1, 0.15) is 42.5 Å².